The van der Waals surface area contributed by atoms with Crippen molar-refractivity contribution in [2.45, 2.75) is 26.7 Å². The molecule has 0 unspecified atom stereocenters. The number of nitrogens with zero attached hydrogens (tertiary/aromatic N) is 1. The number of hydrogen-bond donors (Lipinski definition) is 2. The van der Waals surface area contributed by atoms with Crippen LogP contribution < -0.4 is 10.2 Å². The molecule has 3 rings (SSSR count). The number of aromatic nitrogens is 1. The van der Waals surface area contributed by atoms with E-state index in [1.165, 1.54) is 5.56 Å². The summed E-state index contributed by atoms with van der Waals surface area (Å²) in [7, 11) is 0. The van der Waals surface area contributed by atoms with E-state index < -0.39 is 0 Å². The molecule has 30 heavy (non-hydrogen) atoms. The van der Waals surface area contributed by atoms with Crippen molar-refractivity contribution < 1.29 is 14.3 Å². The third-order valence-corrected chi connectivity index (χ3v) is 5.09. The summed E-state index contributed by atoms with van der Waals surface area (Å²) in [4.78, 5) is 29.4. The van der Waals surface area contributed by atoms with E-state index in [-0.39, 0.29) is 24.9 Å². The highest BCUT2D eigenvalue weighted by Gasteiger charge is 2.11. The first-order valence-corrected chi connectivity index (χ1v) is 10.4. The van der Waals surface area contributed by atoms with Crippen molar-refractivity contribution in [1.82, 2.24) is 10.3 Å². The molecule has 0 atom stereocenters. The molecule has 6 nitrogen and oxygen atoms in total. The average Bonchev–Trinajstić information content (AvgIpc) is 3.17. The second-order valence-corrected chi connectivity index (χ2v) is 7.29. The lowest BCUT2D eigenvalue weighted by atomic mass is 10.1. The number of aromatic amines is 1. The van der Waals surface area contributed by atoms with Gasteiger partial charge in [0.15, 0.2) is 6.61 Å². The van der Waals surface area contributed by atoms with Gasteiger partial charge >= 0.3 is 5.97 Å². The molecule has 6 heteroatoms. The van der Waals surface area contributed by atoms with Crippen molar-refractivity contribution in [3.05, 3.63) is 65.9 Å². The third kappa shape index (κ3) is 5.86. The number of H-pyrrole nitrogens is 1. The lowest BCUT2D eigenvalue weighted by molar-refractivity contribution is -0.148. The van der Waals surface area contributed by atoms with Crippen molar-refractivity contribution in [2.75, 3.05) is 31.1 Å². The first-order chi connectivity index (χ1) is 14.6. The molecule has 3 aromatic rings. The summed E-state index contributed by atoms with van der Waals surface area (Å²) < 4.78 is 5.12. The highest BCUT2D eigenvalue weighted by Crippen LogP contribution is 2.19. The minimum absolute atomic E-state index is 0.242. The van der Waals surface area contributed by atoms with Crippen LogP contribution in [0.3, 0.4) is 0 Å². The second-order valence-electron chi connectivity index (χ2n) is 7.29. The van der Waals surface area contributed by atoms with Gasteiger partial charge < -0.3 is 19.9 Å². The molecule has 0 aliphatic carbocycles. The number of para-hydroxylation sites is 1. The van der Waals surface area contributed by atoms with Crippen molar-refractivity contribution in [1.29, 1.82) is 0 Å². The fraction of sp³-hybridized carbons (Fsp3) is 0.333. The van der Waals surface area contributed by atoms with Crippen LogP contribution >= 0.6 is 0 Å². The predicted octanol–water partition coefficient (Wildman–Crippen LogP) is 3.59. The molecule has 0 saturated carbocycles. The molecule has 0 fully saturated rings. The molecule has 0 aliphatic rings. The SMILES string of the molecule is CCN(CCNC(=O)COC(=O)CCc1c[nH]c2ccccc12)c1cccc(C)c1. The summed E-state index contributed by atoms with van der Waals surface area (Å²) in [5, 5.41) is 3.93. The van der Waals surface area contributed by atoms with Crippen LogP contribution in [0.2, 0.25) is 0 Å². The third-order valence-electron chi connectivity index (χ3n) is 5.09. The minimum atomic E-state index is -0.370. The lowest BCUT2D eigenvalue weighted by Gasteiger charge is -2.23. The van der Waals surface area contributed by atoms with Crippen molar-refractivity contribution in [3.8, 4) is 0 Å². The van der Waals surface area contributed by atoms with Gasteiger partial charge in [-0.1, -0.05) is 30.3 Å². The first kappa shape index (κ1) is 21.4. The van der Waals surface area contributed by atoms with E-state index in [1.807, 2.05) is 36.5 Å². The number of nitrogens with one attached hydrogen (secondary N) is 2. The zero-order valence-corrected chi connectivity index (χ0v) is 17.6. The Morgan fingerprint density at radius 1 is 1.13 bits per heavy atom. The highest BCUT2D eigenvalue weighted by atomic mass is 16.5. The van der Waals surface area contributed by atoms with E-state index in [0.717, 1.165) is 28.7 Å². The summed E-state index contributed by atoms with van der Waals surface area (Å²) in [6.45, 7) is 5.94. The Morgan fingerprint density at radius 2 is 1.97 bits per heavy atom. The van der Waals surface area contributed by atoms with Crippen molar-refractivity contribution in [3.63, 3.8) is 0 Å². The Bertz CT molecular complexity index is 996. The molecule has 0 bridgehead atoms. The van der Waals surface area contributed by atoms with Gasteiger partial charge in [0.05, 0.1) is 0 Å². The Morgan fingerprint density at radius 3 is 2.77 bits per heavy atom. The van der Waals surface area contributed by atoms with Gasteiger partial charge in [0.1, 0.15) is 0 Å². The van der Waals surface area contributed by atoms with Crippen molar-refractivity contribution in [2.24, 2.45) is 0 Å². The number of benzene rings is 2. The molecule has 1 aromatic heterocycles. The van der Waals surface area contributed by atoms with Gasteiger partial charge in [-0.25, -0.2) is 0 Å². The number of anilines is 1. The van der Waals surface area contributed by atoms with Gasteiger partial charge in [-0.3, -0.25) is 9.59 Å². The summed E-state index contributed by atoms with van der Waals surface area (Å²) in [5.41, 5.74) is 4.46. The topological polar surface area (TPSA) is 74.4 Å². The Hall–Kier alpha value is -3.28. The number of rotatable bonds is 10. The summed E-state index contributed by atoms with van der Waals surface area (Å²) in [6.07, 6.45) is 2.73. The summed E-state index contributed by atoms with van der Waals surface area (Å²) >= 11 is 0. The van der Waals surface area contributed by atoms with E-state index >= 15 is 0 Å². The zero-order valence-electron chi connectivity index (χ0n) is 17.6. The number of likely N-dealkylation sites (N-methyl/N-ethyl adjacent to an activating group) is 1. The molecular formula is C24H29N3O3. The molecule has 0 radical (unpaired) electrons. The maximum absolute atomic E-state index is 12.0. The molecule has 158 valence electrons. The molecule has 0 saturated heterocycles. The van der Waals surface area contributed by atoms with Crippen LogP contribution in [0.4, 0.5) is 5.69 Å². The molecule has 0 spiro atoms. The van der Waals surface area contributed by atoms with E-state index in [0.29, 0.717) is 19.5 Å². The Kier molecular flexibility index (Phi) is 7.49. The maximum Gasteiger partial charge on any atom is 0.306 e. The van der Waals surface area contributed by atoms with Gasteiger partial charge in [0.25, 0.3) is 5.91 Å². The molecule has 1 amide bonds. The van der Waals surface area contributed by atoms with E-state index in [4.69, 9.17) is 4.74 Å². The van der Waals surface area contributed by atoms with Crippen LogP contribution in [0.25, 0.3) is 10.9 Å². The first-order valence-electron chi connectivity index (χ1n) is 10.4. The second kappa shape index (κ2) is 10.5. The molecular weight excluding hydrogens is 378 g/mol. The van der Waals surface area contributed by atoms with Crippen LogP contribution in [0.15, 0.2) is 54.7 Å². The standard InChI is InChI=1S/C24H29N3O3/c1-3-27(20-8-6-7-18(2)15-20)14-13-25-23(28)17-30-24(29)12-11-19-16-26-22-10-5-4-9-21(19)22/h4-10,15-16,26H,3,11-14,17H2,1-2H3,(H,25,28). The van der Waals surface area contributed by atoms with Crippen LogP contribution in [0.5, 0.6) is 0 Å². The number of amides is 1. The van der Waals surface area contributed by atoms with E-state index in [1.54, 1.807) is 0 Å². The van der Waals surface area contributed by atoms with Gasteiger partial charge in [-0.05, 0) is 49.6 Å². The highest BCUT2D eigenvalue weighted by molar-refractivity contribution is 5.84. The number of carbonyl (C=O) groups is 2. The average molecular weight is 408 g/mol. The predicted molar refractivity (Wildman–Crippen MR) is 120 cm³/mol. The molecule has 2 N–H and O–H groups in total. The van der Waals surface area contributed by atoms with Gasteiger partial charge in [0, 0.05) is 48.8 Å². The minimum Gasteiger partial charge on any atom is -0.456 e. The summed E-state index contributed by atoms with van der Waals surface area (Å²) in [6, 6.07) is 16.2. The van der Waals surface area contributed by atoms with Crippen LogP contribution in [0, 0.1) is 6.92 Å². The zero-order chi connectivity index (χ0) is 21.3. The van der Waals surface area contributed by atoms with Gasteiger partial charge in [-0.15, -0.1) is 0 Å². The quantitative estimate of drug-likeness (QED) is 0.504. The van der Waals surface area contributed by atoms with Gasteiger partial charge in [0.2, 0.25) is 0 Å². The van der Waals surface area contributed by atoms with Crippen LogP contribution in [-0.2, 0) is 20.7 Å². The number of ether oxygens (including phenoxy) is 1. The number of fused-ring (bicyclic) bond motifs is 1. The van der Waals surface area contributed by atoms with Crippen LogP contribution in [-0.4, -0.2) is 43.1 Å². The largest absolute Gasteiger partial charge is 0.456 e. The Labute approximate surface area is 177 Å². The van der Waals surface area contributed by atoms with E-state index in [2.05, 4.69) is 47.2 Å². The monoisotopic (exact) mass is 407 g/mol. The van der Waals surface area contributed by atoms with Crippen molar-refractivity contribution >= 4 is 28.5 Å². The lowest BCUT2D eigenvalue weighted by Crippen LogP contribution is -2.36. The van der Waals surface area contributed by atoms with Gasteiger partial charge in [-0.2, -0.15) is 0 Å². The molecule has 2 aromatic carbocycles. The maximum atomic E-state index is 12.0. The molecule has 0 aliphatic heterocycles. The fourth-order valence-corrected chi connectivity index (χ4v) is 3.47. The van der Waals surface area contributed by atoms with E-state index in [9.17, 15) is 9.59 Å². The Balaban J connectivity index is 1.36. The molecule has 1 heterocycles. The number of aryl methyl sites for hydroxylation is 2. The fourth-order valence-electron chi connectivity index (χ4n) is 3.47. The van der Waals surface area contributed by atoms with Crippen LogP contribution in [0.1, 0.15) is 24.5 Å². The normalized spacial score (nSPS) is 10.7. The number of esters is 1. The number of carbonyl (C=O) groups excluding carboxylic acids is 2. The summed E-state index contributed by atoms with van der Waals surface area (Å²) in [5.74, 6) is -0.652. The smallest absolute Gasteiger partial charge is 0.306 e. The number of hydrogen-bond acceptors (Lipinski definition) is 4.